The van der Waals surface area contributed by atoms with Gasteiger partial charge in [-0.2, -0.15) is 0 Å². The SMILES string of the molecule is C[C@@H](CNc1ccc(F)cc1)NC(=O)[C@H](CC1CCCCC1)NC(=O)c1ccc(-c2cccc(F)c2)o1. The van der Waals surface area contributed by atoms with Crippen LogP contribution in [0.5, 0.6) is 0 Å². The lowest BCUT2D eigenvalue weighted by molar-refractivity contribution is -0.124. The molecule has 1 aliphatic carbocycles. The summed E-state index contributed by atoms with van der Waals surface area (Å²) >= 11 is 0. The molecule has 1 fully saturated rings. The van der Waals surface area contributed by atoms with Crippen LogP contribution in [0.15, 0.2) is 65.1 Å². The molecule has 0 saturated heterocycles. The molecule has 4 rings (SSSR count). The number of hydrogen-bond donors (Lipinski definition) is 3. The second-order valence-electron chi connectivity index (χ2n) is 9.74. The molecule has 196 valence electrons. The van der Waals surface area contributed by atoms with Crippen molar-refractivity contribution in [3.63, 3.8) is 0 Å². The molecule has 3 N–H and O–H groups in total. The lowest BCUT2D eigenvalue weighted by atomic mass is 9.84. The molecule has 2 amide bonds. The van der Waals surface area contributed by atoms with Gasteiger partial charge in [0.05, 0.1) is 0 Å². The van der Waals surface area contributed by atoms with Gasteiger partial charge in [0.1, 0.15) is 23.4 Å². The average molecular weight is 510 g/mol. The van der Waals surface area contributed by atoms with E-state index >= 15 is 0 Å². The maximum atomic E-state index is 13.6. The Kier molecular flexibility index (Phi) is 8.93. The molecule has 6 nitrogen and oxygen atoms in total. The first-order valence-electron chi connectivity index (χ1n) is 12.8. The molecule has 0 aliphatic heterocycles. The summed E-state index contributed by atoms with van der Waals surface area (Å²) in [6.07, 6.45) is 6.06. The summed E-state index contributed by atoms with van der Waals surface area (Å²) in [5.74, 6) is -0.665. The van der Waals surface area contributed by atoms with E-state index in [-0.39, 0.29) is 23.5 Å². The Bertz CT molecular complexity index is 1190. The zero-order valence-electron chi connectivity index (χ0n) is 20.9. The van der Waals surface area contributed by atoms with Gasteiger partial charge in [-0.3, -0.25) is 9.59 Å². The number of carbonyl (C=O) groups excluding carboxylic acids is 2. The van der Waals surface area contributed by atoms with Crippen molar-refractivity contribution in [1.29, 1.82) is 0 Å². The third-order valence-electron chi connectivity index (χ3n) is 6.70. The zero-order chi connectivity index (χ0) is 26.2. The molecule has 0 radical (unpaired) electrons. The molecular formula is C29H33F2N3O3. The second-order valence-corrected chi connectivity index (χ2v) is 9.74. The van der Waals surface area contributed by atoms with E-state index in [0.29, 0.717) is 30.2 Å². The van der Waals surface area contributed by atoms with E-state index in [1.165, 1.54) is 36.8 Å². The maximum absolute atomic E-state index is 13.6. The van der Waals surface area contributed by atoms with Crippen molar-refractivity contribution in [3.05, 3.63) is 78.1 Å². The number of furan rings is 1. The first-order valence-corrected chi connectivity index (χ1v) is 12.8. The van der Waals surface area contributed by atoms with E-state index < -0.39 is 17.8 Å². The average Bonchev–Trinajstić information content (AvgIpc) is 3.39. The summed E-state index contributed by atoms with van der Waals surface area (Å²) in [7, 11) is 0. The fourth-order valence-electron chi connectivity index (χ4n) is 4.71. The minimum Gasteiger partial charge on any atom is -0.451 e. The molecule has 1 aliphatic rings. The van der Waals surface area contributed by atoms with Gasteiger partial charge < -0.3 is 20.4 Å². The molecular weight excluding hydrogens is 476 g/mol. The van der Waals surface area contributed by atoms with Crippen molar-refractivity contribution in [2.75, 3.05) is 11.9 Å². The lowest BCUT2D eigenvalue weighted by Gasteiger charge is -2.27. The Morgan fingerprint density at radius 2 is 1.70 bits per heavy atom. The lowest BCUT2D eigenvalue weighted by Crippen LogP contribution is -2.51. The third-order valence-corrected chi connectivity index (χ3v) is 6.70. The van der Waals surface area contributed by atoms with Gasteiger partial charge in [0.15, 0.2) is 5.76 Å². The number of carbonyl (C=O) groups is 2. The molecule has 2 atom stereocenters. The molecule has 1 heterocycles. The summed E-state index contributed by atoms with van der Waals surface area (Å²) in [4.78, 5) is 26.3. The first-order chi connectivity index (χ1) is 17.9. The van der Waals surface area contributed by atoms with Crippen LogP contribution in [-0.4, -0.2) is 30.4 Å². The van der Waals surface area contributed by atoms with Crippen LogP contribution in [0.25, 0.3) is 11.3 Å². The van der Waals surface area contributed by atoms with Crippen molar-refractivity contribution in [2.24, 2.45) is 5.92 Å². The topological polar surface area (TPSA) is 83.4 Å². The van der Waals surface area contributed by atoms with Gasteiger partial charge in [0, 0.05) is 23.8 Å². The highest BCUT2D eigenvalue weighted by molar-refractivity contribution is 5.96. The van der Waals surface area contributed by atoms with E-state index in [2.05, 4.69) is 16.0 Å². The molecule has 1 aromatic heterocycles. The van der Waals surface area contributed by atoms with Crippen LogP contribution in [0.3, 0.4) is 0 Å². The first kappa shape index (κ1) is 26.4. The van der Waals surface area contributed by atoms with E-state index in [1.807, 2.05) is 6.92 Å². The Labute approximate surface area is 215 Å². The predicted octanol–water partition coefficient (Wildman–Crippen LogP) is 5.91. The molecule has 0 spiro atoms. The number of nitrogens with one attached hydrogen (secondary N) is 3. The van der Waals surface area contributed by atoms with E-state index in [4.69, 9.17) is 4.42 Å². The molecule has 37 heavy (non-hydrogen) atoms. The zero-order valence-corrected chi connectivity index (χ0v) is 20.9. The monoisotopic (exact) mass is 509 g/mol. The van der Waals surface area contributed by atoms with E-state index in [1.54, 1.807) is 30.3 Å². The largest absolute Gasteiger partial charge is 0.451 e. The van der Waals surface area contributed by atoms with Gasteiger partial charge in [0.2, 0.25) is 5.91 Å². The number of halogens is 2. The summed E-state index contributed by atoms with van der Waals surface area (Å²) in [6.45, 7) is 2.31. The van der Waals surface area contributed by atoms with Gasteiger partial charge in [-0.1, -0.05) is 44.2 Å². The number of rotatable bonds is 10. The molecule has 8 heteroatoms. The second kappa shape index (κ2) is 12.5. The molecule has 0 unspecified atom stereocenters. The van der Waals surface area contributed by atoms with Crippen LogP contribution in [0.1, 0.15) is 56.0 Å². The third kappa shape index (κ3) is 7.65. The molecule has 3 aromatic rings. The van der Waals surface area contributed by atoms with Crippen LogP contribution in [-0.2, 0) is 4.79 Å². The fraction of sp³-hybridized carbons (Fsp3) is 0.379. The van der Waals surface area contributed by atoms with Crippen LogP contribution in [0.4, 0.5) is 14.5 Å². The van der Waals surface area contributed by atoms with Gasteiger partial charge in [-0.05, 0) is 67.8 Å². The highest BCUT2D eigenvalue weighted by Crippen LogP contribution is 2.28. The quantitative estimate of drug-likeness (QED) is 0.317. The summed E-state index contributed by atoms with van der Waals surface area (Å²) < 4.78 is 32.4. The van der Waals surface area contributed by atoms with Gasteiger partial charge in [-0.15, -0.1) is 0 Å². The highest BCUT2D eigenvalue weighted by atomic mass is 19.1. The van der Waals surface area contributed by atoms with Crippen molar-refractivity contribution < 1.29 is 22.8 Å². The number of anilines is 1. The number of amides is 2. The smallest absolute Gasteiger partial charge is 0.287 e. The van der Waals surface area contributed by atoms with Crippen LogP contribution >= 0.6 is 0 Å². The Morgan fingerprint density at radius 1 is 0.946 bits per heavy atom. The maximum Gasteiger partial charge on any atom is 0.287 e. The van der Waals surface area contributed by atoms with Crippen LogP contribution in [0, 0.1) is 17.6 Å². The molecule has 1 saturated carbocycles. The van der Waals surface area contributed by atoms with E-state index in [0.717, 1.165) is 31.4 Å². The van der Waals surface area contributed by atoms with Crippen LogP contribution in [0.2, 0.25) is 0 Å². The van der Waals surface area contributed by atoms with Gasteiger partial charge in [-0.25, -0.2) is 8.78 Å². The Balaban J connectivity index is 1.39. The fourth-order valence-corrected chi connectivity index (χ4v) is 4.71. The van der Waals surface area contributed by atoms with Gasteiger partial charge in [0.25, 0.3) is 5.91 Å². The Morgan fingerprint density at radius 3 is 2.43 bits per heavy atom. The van der Waals surface area contributed by atoms with Crippen LogP contribution < -0.4 is 16.0 Å². The molecule has 2 aromatic carbocycles. The summed E-state index contributed by atoms with van der Waals surface area (Å²) in [5.41, 5.74) is 1.28. The van der Waals surface area contributed by atoms with Crippen molar-refractivity contribution in [2.45, 2.75) is 57.5 Å². The van der Waals surface area contributed by atoms with E-state index in [9.17, 15) is 18.4 Å². The summed E-state index contributed by atoms with van der Waals surface area (Å²) in [6, 6.07) is 14.2. The van der Waals surface area contributed by atoms with Crippen molar-refractivity contribution in [1.82, 2.24) is 10.6 Å². The van der Waals surface area contributed by atoms with Crippen molar-refractivity contribution in [3.8, 4) is 11.3 Å². The van der Waals surface area contributed by atoms with Gasteiger partial charge >= 0.3 is 0 Å². The standard InChI is InChI=1S/C29H33F2N3O3/c1-19(18-32-24-12-10-22(30)11-13-24)33-28(35)25(16-20-6-3-2-4-7-20)34-29(36)27-15-14-26(37-27)21-8-5-9-23(31)17-21/h5,8-15,17,19-20,25,32H,2-4,6-7,16,18H2,1H3,(H,33,35)(H,34,36)/t19-,25-/m0/s1. The number of hydrogen-bond acceptors (Lipinski definition) is 4. The highest BCUT2D eigenvalue weighted by Gasteiger charge is 2.28. The minimum absolute atomic E-state index is 0.0618. The Hall–Kier alpha value is -3.68. The summed E-state index contributed by atoms with van der Waals surface area (Å²) in [5, 5.41) is 9.02. The predicted molar refractivity (Wildman–Crippen MR) is 139 cm³/mol. The molecule has 0 bridgehead atoms. The number of benzene rings is 2. The van der Waals surface area contributed by atoms with Crippen molar-refractivity contribution >= 4 is 17.5 Å². The minimum atomic E-state index is -0.716. The normalized spacial score (nSPS) is 15.5.